The van der Waals surface area contributed by atoms with Crippen LogP contribution in [-0.4, -0.2) is 36.3 Å². The van der Waals surface area contributed by atoms with Gasteiger partial charge < -0.3 is 9.80 Å². The van der Waals surface area contributed by atoms with E-state index in [4.69, 9.17) is 23.2 Å². The molecule has 0 aromatic heterocycles. The number of nitrogens with one attached hydrogen (secondary N) is 2. The Bertz CT molecular complexity index is 1280. The van der Waals surface area contributed by atoms with Crippen LogP contribution in [0.1, 0.15) is 29.7 Å². The first-order valence-electron chi connectivity index (χ1n) is 11.9. The van der Waals surface area contributed by atoms with E-state index in [0.29, 0.717) is 24.5 Å². The van der Waals surface area contributed by atoms with E-state index < -0.39 is 0 Å². The van der Waals surface area contributed by atoms with Gasteiger partial charge in [0.2, 0.25) is 5.91 Å². The van der Waals surface area contributed by atoms with E-state index in [1.807, 2.05) is 77.5 Å². The number of hydrogen-bond acceptors (Lipinski definition) is 6. The Morgan fingerprint density at radius 1 is 0.972 bits per heavy atom. The van der Waals surface area contributed by atoms with Gasteiger partial charge in [0, 0.05) is 35.4 Å². The third kappa shape index (κ3) is 5.14. The number of carbonyl (C=O) groups excluding carboxylic acids is 1. The number of nitrogens with zero attached hydrogens (tertiary/aromatic N) is 4. The average molecular weight is 523 g/mol. The van der Waals surface area contributed by atoms with Crippen LogP contribution in [0.4, 0.5) is 11.4 Å². The van der Waals surface area contributed by atoms with Crippen LogP contribution in [0.2, 0.25) is 10.0 Å². The van der Waals surface area contributed by atoms with Crippen molar-refractivity contribution in [1.29, 1.82) is 0 Å². The molecule has 0 spiro atoms. The van der Waals surface area contributed by atoms with E-state index in [1.165, 1.54) is 0 Å². The molecule has 2 heterocycles. The van der Waals surface area contributed by atoms with Crippen LogP contribution in [0.5, 0.6) is 0 Å². The third-order valence-corrected chi connectivity index (χ3v) is 7.20. The van der Waals surface area contributed by atoms with Gasteiger partial charge in [-0.1, -0.05) is 47.5 Å². The molecule has 0 saturated carbocycles. The monoisotopic (exact) mass is 522 g/mol. The predicted octanol–water partition coefficient (Wildman–Crippen LogP) is 5.10. The standard InChI is InChI=1S/C27H28Cl2N6O/c1-18-15-23(29)9-12-25(18)34-14-13-33(17-26(34)21-5-7-22(28)8-6-21)27(36)16-20-3-10-24(11-4-20)35-19(2)30-31-32-35/h3-12,15,26,31-32H,13-14,16-17H2,1-2H3. The summed E-state index contributed by atoms with van der Waals surface area (Å²) in [7, 11) is 0. The van der Waals surface area contributed by atoms with Crippen LogP contribution in [0.25, 0.3) is 0 Å². The summed E-state index contributed by atoms with van der Waals surface area (Å²) < 4.78 is 0. The fourth-order valence-corrected chi connectivity index (χ4v) is 5.15. The quantitative estimate of drug-likeness (QED) is 0.488. The van der Waals surface area contributed by atoms with Crippen LogP contribution >= 0.6 is 23.2 Å². The van der Waals surface area contributed by atoms with Crippen molar-refractivity contribution in [3.63, 3.8) is 0 Å². The van der Waals surface area contributed by atoms with Crippen LogP contribution in [0.15, 0.2) is 71.8 Å². The molecule has 1 fully saturated rings. The molecule has 7 nitrogen and oxygen atoms in total. The normalized spacial score (nSPS) is 17.7. The molecule has 1 atom stereocenters. The van der Waals surface area contributed by atoms with E-state index in [1.54, 1.807) is 0 Å². The maximum absolute atomic E-state index is 13.4. The molecule has 1 amide bonds. The van der Waals surface area contributed by atoms with Gasteiger partial charge in [-0.05, 0) is 73.0 Å². The zero-order chi connectivity index (χ0) is 25.2. The molecule has 9 heteroatoms. The van der Waals surface area contributed by atoms with Gasteiger partial charge in [0.25, 0.3) is 0 Å². The second kappa shape index (κ2) is 10.4. The van der Waals surface area contributed by atoms with Crippen molar-refractivity contribution >= 4 is 46.3 Å². The lowest BCUT2D eigenvalue weighted by molar-refractivity contribution is -0.131. The van der Waals surface area contributed by atoms with Gasteiger partial charge in [0.1, 0.15) is 5.84 Å². The zero-order valence-electron chi connectivity index (χ0n) is 20.2. The fraction of sp³-hybridized carbons (Fsp3) is 0.259. The molecule has 36 heavy (non-hydrogen) atoms. The van der Waals surface area contributed by atoms with Crippen molar-refractivity contribution in [3.05, 3.63) is 93.5 Å². The van der Waals surface area contributed by atoms with Crippen LogP contribution in [-0.2, 0) is 11.2 Å². The van der Waals surface area contributed by atoms with Crippen molar-refractivity contribution in [2.45, 2.75) is 26.3 Å². The molecule has 0 bridgehead atoms. The van der Waals surface area contributed by atoms with E-state index in [9.17, 15) is 4.79 Å². The van der Waals surface area contributed by atoms with Gasteiger partial charge in [-0.2, -0.15) is 0 Å². The van der Waals surface area contributed by atoms with Gasteiger partial charge in [0.05, 0.1) is 18.2 Å². The molecule has 2 N–H and O–H groups in total. The van der Waals surface area contributed by atoms with Crippen LogP contribution < -0.4 is 21.0 Å². The van der Waals surface area contributed by atoms with Gasteiger partial charge in [0.15, 0.2) is 0 Å². The molecule has 0 radical (unpaired) electrons. The Balaban J connectivity index is 1.33. The lowest BCUT2D eigenvalue weighted by Gasteiger charge is -2.43. The van der Waals surface area contributed by atoms with E-state index in [0.717, 1.165) is 45.5 Å². The maximum atomic E-state index is 13.4. The van der Waals surface area contributed by atoms with E-state index in [-0.39, 0.29) is 11.9 Å². The Morgan fingerprint density at radius 3 is 2.36 bits per heavy atom. The molecular formula is C27H28Cl2N6O. The van der Waals surface area contributed by atoms with E-state index in [2.05, 4.69) is 34.1 Å². The Kier molecular flexibility index (Phi) is 7.05. The van der Waals surface area contributed by atoms with E-state index >= 15 is 0 Å². The number of carbonyl (C=O) groups is 1. The molecule has 0 aliphatic carbocycles. The maximum Gasteiger partial charge on any atom is 0.227 e. The van der Waals surface area contributed by atoms with Gasteiger partial charge >= 0.3 is 0 Å². The summed E-state index contributed by atoms with van der Waals surface area (Å²) in [4.78, 5) is 17.7. The van der Waals surface area contributed by atoms with Crippen molar-refractivity contribution in [2.75, 3.05) is 29.5 Å². The summed E-state index contributed by atoms with van der Waals surface area (Å²) in [6.07, 6.45) is 0.354. The highest BCUT2D eigenvalue weighted by atomic mass is 35.5. The number of amides is 1. The van der Waals surface area contributed by atoms with Gasteiger partial charge in [-0.15, -0.1) is 10.6 Å². The minimum Gasteiger partial charge on any atom is -0.361 e. The Hall–Kier alpha value is -3.26. The topological polar surface area (TPSA) is 63.2 Å². The van der Waals surface area contributed by atoms with Crippen molar-refractivity contribution in [3.8, 4) is 0 Å². The van der Waals surface area contributed by atoms with Crippen LogP contribution in [0, 0.1) is 6.92 Å². The smallest absolute Gasteiger partial charge is 0.227 e. The predicted molar refractivity (Wildman–Crippen MR) is 146 cm³/mol. The number of aryl methyl sites for hydroxylation is 1. The third-order valence-electron chi connectivity index (χ3n) is 6.71. The highest BCUT2D eigenvalue weighted by Gasteiger charge is 2.31. The first-order chi connectivity index (χ1) is 17.4. The number of amidine groups is 1. The number of piperazine rings is 1. The number of hydrazone groups is 1. The second-order valence-corrected chi connectivity index (χ2v) is 9.97. The summed E-state index contributed by atoms with van der Waals surface area (Å²) >= 11 is 12.4. The summed E-state index contributed by atoms with van der Waals surface area (Å²) in [5, 5.41) is 7.37. The summed E-state index contributed by atoms with van der Waals surface area (Å²) in [5.41, 5.74) is 11.0. The van der Waals surface area contributed by atoms with Crippen LogP contribution in [0.3, 0.4) is 0 Å². The molecule has 2 aliphatic rings. The Labute approximate surface area is 221 Å². The largest absolute Gasteiger partial charge is 0.361 e. The number of hydrogen-bond donors (Lipinski definition) is 2. The fourth-order valence-electron chi connectivity index (χ4n) is 4.80. The zero-order valence-corrected chi connectivity index (χ0v) is 21.7. The molecule has 2 aliphatic heterocycles. The molecule has 186 valence electrons. The molecule has 5 rings (SSSR count). The highest BCUT2D eigenvalue weighted by molar-refractivity contribution is 6.31. The molecule has 3 aromatic carbocycles. The highest BCUT2D eigenvalue weighted by Crippen LogP contribution is 2.34. The first kappa shape index (κ1) is 24.4. The minimum atomic E-state index is 0.0122. The minimum absolute atomic E-state index is 0.0122. The number of benzene rings is 3. The molecule has 1 saturated heterocycles. The molecule has 1 unspecified atom stereocenters. The number of anilines is 2. The van der Waals surface area contributed by atoms with Gasteiger partial charge in [-0.25, -0.2) is 10.5 Å². The van der Waals surface area contributed by atoms with Crippen molar-refractivity contribution < 1.29 is 4.79 Å². The number of rotatable bonds is 5. The lowest BCUT2D eigenvalue weighted by Crippen LogP contribution is -2.51. The SMILES string of the molecule is CC1=NNNN1c1ccc(CC(=O)N2CCN(c3ccc(Cl)cc3C)C(c3ccc(Cl)cc3)C2)cc1. The first-order valence-corrected chi connectivity index (χ1v) is 12.6. The molecular weight excluding hydrogens is 495 g/mol. The summed E-state index contributed by atoms with van der Waals surface area (Å²) in [6.45, 7) is 5.96. The van der Waals surface area contributed by atoms with Crippen molar-refractivity contribution in [2.24, 2.45) is 5.10 Å². The van der Waals surface area contributed by atoms with Gasteiger partial charge in [-0.3, -0.25) is 4.79 Å². The summed E-state index contributed by atoms with van der Waals surface area (Å²) in [5.74, 6) is 0.939. The lowest BCUT2D eigenvalue weighted by atomic mass is 9.99. The van der Waals surface area contributed by atoms with Crippen molar-refractivity contribution in [1.82, 2.24) is 16.0 Å². The number of halogens is 2. The number of hydrazine groups is 2. The Morgan fingerprint density at radius 2 is 1.69 bits per heavy atom. The second-order valence-electron chi connectivity index (χ2n) is 9.09. The summed E-state index contributed by atoms with van der Waals surface area (Å²) in [6, 6.07) is 21.8. The molecule has 3 aromatic rings. The average Bonchev–Trinajstić information content (AvgIpc) is 3.30.